The summed E-state index contributed by atoms with van der Waals surface area (Å²) in [6, 6.07) is 8.93. The van der Waals surface area contributed by atoms with Crippen LogP contribution in [0.5, 0.6) is 5.75 Å². The van der Waals surface area contributed by atoms with Crippen molar-refractivity contribution in [2.75, 3.05) is 18.1 Å². The molecule has 3 N–H and O–H groups in total. The Hall–Kier alpha value is -2.63. The van der Waals surface area contributed by atoms with Gasteiger partial charge in [0, 0.05) is 11.9 Å². The van der Waals surface area contributed by atoms with E-state index in [-0.39, 0.29) is 12.4 Å². The molecule has 2 aromatic rings. The molecule has 33 heavy (non-hydrogen) atoms. The Kier molecular flexibility index (Phi) is 8.70. The molecule has 3 rings (SSSR count). The summed E-state index contributed by atoms with van der Waals surface area (Å²) in [5, 5.41) is 2.59. The maximum absolute atomic E-state index is 13.4. The van der Waals surface area contributed by atoms with Gasteiger partial charge in [0.15, 0.2) is 0 Å². The zero-order valence-corrected chi connectivity index (χ0v) is 19.7. The lowest BCUT2D eigenvalue weighted by Gasteiger charge is -2.23. The van der Waals surface area contributed by atoms with Gasteiger partial charge in [-0.25, -0.2) is 14.2 Å². The molecule has 1 fully saturated rings. The number of rotatable bonds is 10. The van der Waals surface area contributed by atoms with Crippen molar-refractivity contribution in [1.82, 2.24) is 14.6 Å². The Morgan fingerprint density at radius 2 is 2.18 bits per heavy atom. The highest BCUT2D eigenvalue weighted by atomic mass is 32.2. The zero-order valence-electron chi connectivity index (χ0n) is 18.0. The first kappa shape index (κ1) is 25.0. The number of benzene rings is 1. The fourth-order valence-corrected chi connectivity index (χ4v) is 5.30. The van der Waals surface area contributed by atoms with Gasteiger partial charge >= 0.3 is 19.4 Å². The number of hydrogen-bond donors (Lipinski definition) is 2. The Morgan fingerprint density at radius 3 is 2.88 bits per heavy atom. The van der Waals surface area contributed by atoms with E-state index >= 15 is 0 Å². The number of nitrogens with zero attached hydrogens (tertiary/aromatic N) is 2. The van der Waals surface area contributed by atoms with Crippen molar-refractivity contribution < 1.29 is 27.9 Å². The first-order chi connectivity index (χ1) is 15.8. The second-order valence-electron chi connectivity index (χ2n) is 6.85. The highest BCUT2D eigenvalue weighted by Crippen LogP contribution is 2.46. The van der Waals surface area contributed by atoms with Gasteiger partial charge in [0.1, 0.15) is 29.3 Å². The summed E-state index contributed by atoms with van der Waals surface area (Å²) in [5.74, 6) is 0.201. The number of carbonyl (C=O) groups excluding carboxylic acids is 1. The van der Waals surface area contributed by atoms with Gasteiger partial charge < -0.3 is 19.7 Å². The number of allylic oxidation sites excluding steroid dienone is 1. The van der Waals surface area contributed by atoms with Crippen LogP contribution in [0.3, 0.4) is 0 Å². The number of para-hydroxylation sites is 1. The molecule has 0 amide bonds. The molecular formula is C20H25N4O7PS. The van der Waals surface area contributed by atoms with Gasteiger partial charge in [-0.05, 0) is 32.0 Å². The first-order valence-electron chi connectivity index (χ1n) is 10.00. The fraction of sp³-hybridized carbons (Fsp3) is 0.350. The summed E-state index contributed by atoms with van der Waals surface area (Å²) < 4.78 is 36.7. The number of thioether (sulfide) groups is 1. The summed E-state index contributed by atoms with van der Waals surface area (Å²) in [6.07, 6.45) is 3.69. The van der Waals surface area contributed by atoms with Crippen LogP contribution in [0.2, 0.25) is 0 Å². The van der Waals surface area contributed by atoms with Gasteiger partial charge in [-0.1, -0.05) is 24.3 Å². The average Bonchev–Trinajstić information content (AvgIpc) is 3.25. The molecule has 2 heterocycles. The van der Waals surface area contributed by atoms with E-state index in [4.69, 9.17) is 24.3 Å². The minimum Gasteiger partial charge on any atom is -0.434 e. The van der Waals surface area contributed by atoms with Crippen molar-refractivity contribution in [2.45, 2.75) is 31.6 Å². The number of esters is 1. The van der Waals surface area contributed by atoms with Gasteiger partial charge in [0.05, 0.1) is 12.9 Å². The van der Waals surface area contributed by atoms with Crippen LogP contribution in [0.25, 0.3) is 0 Å². The Bertz CT molecular complexity index is 1080. The molecule has 1 aliphatic rings. The molecule has 1 aromatic carbocycles. The quantitative estimate of drug-likeness (QED) is 0.284. The number of aromatic nitrogens is 2. The molecule has 13 heteroatoms. The number of anilines is 1. The molecule has 0 bridgehead atoms. The third-order valence-corrected chi connectivity index (χ3v) is 7.01. The number of carbonyl (C=O) groups is 1. The summed E-state index contributed by atoms with van der Waals surface area (Å²) in [5.41, 5.74) is 4.45. The number of nitrogens with two attached hydrogens (primary N) is 1. The monoisotopic (exact) mass is 496 g/mol. The van der Waals surface area contributed by atoms with E-state index in [1.165, 1.54) is 41.8 Å². The van der Waals surface area contributed by atoms with Crippen molar-refractivity contribution >= 4 is 31.3 Å². The van der Waals surface area contributed by atoms with Crippen LogP contribution in [-0.4, -0.2) is 39.4 Å². The van der Waals surface area contributed by atoms with Gasteiger partial charge in [0.25, 0.3) is 0 Å². The minimum atomic E-state index is -4.01. The predicted octanol–water partition coefficient (Wildman–Crippen LogP) is 2.67. The highest BCUT2D eigenvalue weighted by molar-refractivity contribution is 8.00. The van der Waals surface area contributed by atoms with Gasteiger partial charge in [-0.15, -0.1) is 11.8 Å². The van der Waals surface area contributed by atoms with Crippen LogP contribution in [0.1, 0.15) is 20.1 Å². The second kappa shape index (κ2) is 11.5. The van der Waals surface area contributed by atoms with Crippen molar-refractivity contribution in [3.8, 4) is 5.75 Å². The SMILES string of the molecule is C/C=C/OC(=O)[C@H](C)N[P@](=O)(OCC1O[C@H](n2ccc(N)nc2=O)CS1)Oc1ccccc1. The molecule has 0 radical (unpaired) electrons. The lowest BCUT2D eigenvalue weighted by Crippen LogP contribution is -2.35. The molecule has 1 unspecified atom stereocenters. The predicted molar refractivity (Wildman–Crippen MR) is 123 cm³/mol. The number of nitrogens with one attached hydrogen (secondary N) is 1. The molecular weight excluding hydrogens is 471 g/mol. The molecule has 4 atom stereocenters. The van der Waals surface area contributed by atoms with E-state index in [0.29, 0.717) is 11.5 Å². The normalized spacial score (nSPS) is 20.9. The smallest absolute Gasteiger partial charge is 0.434 e. The lowest BCUT2D eigenvalue weighted by molar-refractivity contribution is -0.139. The van der Waals surface area contributed by atoms with Crippen LogP contribution in [0, 0.1) is 0 Å². The third-order valence-electron chi connectivity index (χ3n) is 4.27. The highest BCUT2D eigenvalue weighted by Gasteiger charge is 2.35. The lowest BCUT2D eigenvalue weighted by atomic mass is 10.3. The number of nitrogen functional groups attached to an aromatic ring is 1. The molecule has 1 aromatic heterocycles. The zero-order chi connectivity index (χ0) is 23.8. The maximum atomic E-state index is 13.4. The summed E-state index contributed by atoms with van der Waals surface area (Å²) in [4.78, 5) is 27.8. The van der Waals surface area contributed by atoms with Crippen molar-refractivity contribution in [3.05, 3.63) is 65.4 Å². The maximum Gasteiger partial charge on any atom is 0.459 e. The molecule has 0 spiro atoms. The second-order valence-corrected chi connectivity index (χ2v) is 9.74. The molecule has 0 aliphatic carbocycles. The van der Waals surface area contributed by atoms with E-state index in [1.54, 1.807) is 43.3 Å². The molecule has 178 valence electrons. The van der Waals surface area contributed by atoms with E-state index in [1.807, 2.05) is 0 Å². The average molecular weight is 496 g/mol. The fourth-order valence-electron chi connectivity index (χ4n) is 2.72. The van der Waals surface area contributed by atoms with Gasteiger partial charge in [0.2, 0.25) is 0 Å². The van der Waals surface area contributed by atoms with Crippen LogP contribution in [0.4, 0.5) is 5.82 Å². The Balaban J connectivity index is 1.66. The topological polar surface area (TPSA) is 144 Å². The van der Waals surface area contributed by atoms with Crippen molar-refractivity contribution in [2.24, 2.45) is 0 Å². The van der Waals surface area contributed by atoms with Gasteiger partial charge in [-0.2, -0.15) is 10.1 Å². The summed E-state index contributed by atoms with van der Waals surface area (Å²) >= 11 is 1.37. The first-order valence-corrected chi connectivity index (χ1v) is 12.6. The van der Waals surface area contributed by atoms with E-state index in [9.17, 15) is 14.2 Å². The van der Waals surface area contributed by atoms with Crippen LogP contribution < -0.4 is 21.0 Å². The van der Waals surface area contributed by atoms with E-state index in [2.05, 4.69) is 10.1 Å². The minimum absolute atomic E-state index is 0.119. The summed E-state index contributed by atoms with van der Waals surface area (Å²) in [6.45, 7) is 3.04. The van der Waals surface area contributed by atoms with E-state index < -0.39 is 37.1 Å². The van der Waals surface area contributed by atoms with E-state index in [0.717, 1.165) is 0 Å². The van der Waals surface area contributed by atoms with Crippen LogP contribution in [-0.2, 0) is 23.4 Å². The molecule has 1 saturated heterocycles. The molecule has 1 aliphatic heterocycles. The summed E-state index contributed by atoms with van der Waals surface area (Å²) in [7, 11) is -4.01. The molecule has 0 saturated carbocycles. The van der Waals surface area contributed by atoms with Gasteiger partial charge in [-0.3, -0.25) is 9.09 Å². The Morgan fingerprint density at radius 1 is 1.42 bits per heavy atom. The molecule has 11 nitrogen and oxygen atoms in total. The standard InChI is InChI=1S/C20H25N4O7PS/c1-3-11-28-19(25)14(2)23-32(27,31-15-7-5-4-6-8-15)29-12-18-30-17(13-33-18)24-10-9-16(21)22-20(24)26/h3-11,14,17-18H,12-13H2,1-2H3,(H,23,27)(H2,21,22,26)/b11-3+/t14-,17-,18?,32-/m0/s1. The van der Waals surface area contributed by atoms with Crippen molar-refractivity contribution in [3.63, 3.8) is 0 Å². The number of ether oxygens (including phenoxy) is 2. The third kappa shape index (κ3) is 7.18. The number of hydrogen-bond acceptors (Lipinski definition) is 10. The Labute approximate surface area is 194 Å². The van der Waals surface area contributed by atoms with Crippen molar-refractivity contribution in [1.29, 1.82) is 0 Å². The largest absolute Gasteiger partial charge is 0.459 e. The van der Waals surface area contributed by atoms with Crippen LogP contribution >= 0.6 is 19.5 Å². The van der Waals surface area contributed by atoms with Crippen LogP contribution in [0.15, 0.2) is 59.7 Å².